The van der Waals surface area contributed by atoms with Gasteiger partial charge in [0, 0.05) is 25.2 Å². The highest BCUT2D eigenvalue weighted by Crippen LogP contribution is 2.30. The second-order valence-corrected chi connectivity index (χ2v) is 4.92. The molecule has 0 saturated carbocycles. The van der Waals surface area contributed by atoms with E-state index >= 15 is 0 Å². The van der Waals surface area contributed by atoms with Crippen molar-refractivity contribution in [1.29, 1.82) is 0 Å². The molecule has 0 radical (unpaired) electrons. The van der Waals surface area contributed by atoms with E-state index in [1.54, 1.807) is 12.1 Å². The lowest BCUT2D eigenvalue weighted by Crippen LogP contribution is -2.22. The summed E-state index contributed by atoms with van der Waals surface area (Å²) in [7, 11) is 0. The Hall–Kier alpha value is -1.78. The van der Waals surface area contributed by atoms with Crippen LogP contribution in [0, 0.1) is 17.7 Å². The second kappa shape index (κ2) is 5.25. The number of nitrogens with zero attached hydrogens (tertiary/aromatic N) is 2. The molecule has 0 aliphatic carbocycles. The first kappa shape index (κ1) is 12.7. The number of benzene rings is 1. The number of rotatable bonds is 3. The van der Waals surface area contributed by atoms with Crippen LogP contribution in [0.15, 0.2) is 29.4 Å². The van der Waals surface area contributed by atoms with Crippen molar-refractivity contribution >= 4 is 11.5 Å². The summed E-state index contributed by atoms with van der Waals surface area (Å²) >= 11 is 0. The Morgan fingerprint density at radius 1 is 1.56 bits per heavy atom. The molecule has 1 heterocycles. The van der Waals surface area contributed by atoms with Crippen molar-refractivity contribution in [3.05, 3.63) is 30.1 Å². The average molecular weight is 251 g/mol. The van der Waals surface area contributed by atoms with Crippen LogP contribution in [0.4, 0.5) is 10.1 Å². The first-order valence-corrected chi connectivity index (χ1v) is 6.07. The molecule has 4 nitrogen and oxygen atoms in total. The van der Waals surface area contributed by atoms with Crippen molar-refractivity contribution in [1.82, 2.24) is 0 Å². The topological polar surface area (TPSA) is 61.8 Å². The zero-order chi connectivity index (χ0) is 13.1. The molecule has 1 aliphatic heterocycles. The second-order valence-electron chi connectivity index (χ2n) is 4.92. The van der Waals surface area contributed by atoms with Crippen molar-refractivity contribution < 1.29 is 9.60 Å². The van der Waals surface area contributed by atoms with Gasteiger partial charge < -0.3 is 15.8 Å². The maximum Gasteiger partial charge on any atom is 0.139 e. The summed E-state index contributed by atoms with van der Waals surface area (Å²) in [6.07, 6.45) is 0.573. The first-order chi connectivity index (χ1) is 8.60. The Bertz CT molecular complexity index is 450. The van der Waals surface area contributed by atoms with Gasteiger partial charge in [0.25, 0.3) is 0 Å². The minimum Gasteiger partial charge on any atom is -0.409 e. The molecule has 5 heteroatoms. The van der Waals surface area contributed by atoms with Crippen molar-refractivity contribution in [2.45, 2.75) is 13.3 Å². The molecule has 98 valence electrons. The van der Waals surface area contributed by atoms with Gasteiger partial charge in [-0.1, -0.05) is 18.1 Å². The highest BCUT2D eigenvalue weighted by Gasteiger charge is 2.30. The fourth-order valence-corrected chi connectivity index (χ4v) is 2.49. The normalized spacial score (nSPS) is 24.6. The van der Waals surface area contributed by atoms with Crippen molar-refractivity contribution in [3.8, 4) is 0 Å². The molecule has 0 bridgehead atoms. The number of amidine groups is 1. The van der Waals surface area contributed by atoms with Crippen LogP contribution in [0.3, 0.4) is 0 Å². The monoisotopic (exact) mass is 251 g/mol. The highest BCUT2D eigenvalue weighted by atomic mass is 19.1. The summed E-state index contributed by atoms with van der Waals surface area (Å²) in [6.45, 7) is 3.81. The van der Waals surface area contributed by atoms with Gasteiger partial charge in [-0.15, -0.1) is 0 Å². The van der Waals surface area contributed by atoms with Crippen LogP contribution >= 0.6 is 0 Å². The molecular formula is C13H18FN3O. The zero-order valence-electron chi connectivity index (χ0n) is 10.4. The fourth-order valence-electron chi connectivity index (χ4n) is 2.49. The lowest BCUT2D eigenvalue weighted by molar-refractivity contribution is 0.314. The summed E-state index contributed by atoms with van der Waals surface area (Å²) in [6, 6.07) is 6.60. The fraction of sp³-hybridized carbons (Fsp3) is 0.462. The van der Waals surface area contributed by atoms with Crippen LogP contribution < -0.4 is 10.6 Å². The number of anilines is 1. The Kier molecular flexibility index (Phi) is 3.69. The Balaban J connectivity index is 2.06. The predicted octanol–water partition coefficient (Wildman–Crippen LogP) is 2.03. The minimum absolute atomic E-state index is 0.222. The third-order valence-electron chi connectivity index (χ3n) is 3.54. The van der Waals surface area contributed by atoms with Crippen LogP contribution in [0.25, 0.3) is 0 Å². The predicted molar refractivity (Wildman–Crippen MR) is 69.3 cm³/mol. The van der Waals surface area contributed by atoms with Crippen LogP contribution in [0.1, 0.15) is 13.3 Å². The van der Waals surface area contributed by atoms with E-state index in [0.29, 0.717) is 18.3 Å². The van der Waals surface area contributed by atoms with E-state index in [4.69, 9.17) is 10.9 Å². The Morgan fingerprint density at radius 3 is 3.00 bits per heavy atom. The largest absolute Gasteiger partial charge is 0.409 e. The standard InChI is InChI=1S/C13H18FN3O/c1-9-7-17(8-10(9)5-13(15)16-18)12-4-2-3-11(14)6-12/h2-4,6,9-10,18H,5,7-8H2,1H3,(H2,15,16)/t9-,10+/m0/s1. The van der Waals surface area contributed by atoms with E-state index in [2.05, 4.69) is 17.0 Å². The Labute approximate surface area is 106 Å². The Morgan fingerprint density at radius 2 is 2.33 bits per heavy atom. The van der Waals surface area contributed by atoms with E-state index in [-0.39, 0.29) is 11.7 Å². The van der Waals surface area contributed by atoms with Crippen LogP contribution in [0.5, 0.6) is 0 Å². The maximum absolute atomic E-state index is 13.2. The summed E-state index contributed by atoms with van der Waals surface area (Å²) in [5.41, 5.74) is 6.44. The van der Waals surface area contributed by atoms with Crippen molar-refractivity contribution in [3.63, 3.8) is 0 Å². The molecule has 3 N–H and O–H groups in total. The average Bonchev–Trinajstić information content (AvgIpc) is 2.71. The van der Waals surface area contributed by atoms with Crippen LogP contribution in [-0.4, -0.2) is 24.1 Å². The van der Waals surface area contributed by atoms with Gasteiger partial charge in [-0.2, -0.15) is 0 Å². The van der Waals surface area contributed by atoms with Gasteiger partial charge in [-0.25, -0.2) is 4.39 Å². The van der Waals surface area contributed by atoms with Gasteiger partial charge >= 0.3 is 0 Å². The zero-order valence-corrected chi connectivity index (χ0v) is 10.4. The minimum atomic E-state index is -0.222. The summed E-state index contributed by atoms with van der Waals surface area (Å²) in [5.74, 6) is 0.811. The SMILES string of the molecule is C[C@H]1CN(c2cccc(F)c2)C[C@H]1C/C(N)=N/O. The molecule has 1 aromatic rings. The smallest absolute Gasteiger partial charge is 0.139 e. The van der Waals surface area contributed by atoms with Gasteiger partial charge in [0.15, 0.2) is 0 Å². The maximum atomic E-state index is 13.2. The van der Waals surface area contributed by atoms with Crippen molar-refractivity contribution in [2.24, 2.45) is 22.7 Å². The molecular weight excluding hydrogens is 233 g/mol. The summed E-state index contributed by atoms with van der Waals surface area (Å²) in [4.78, 5) is 2.14. The molecule has 0 amide bonds. The molecule has 0 aromatic heterocycles. The number of oxime groups is 1. The molecule has 2 atom stereocenters. The van der Waals surface area contributed by atoms with Gasteiger partial charge in [0.05, 0.1) is 0 Å². The van der Waals surface area contributed by atoms with Crippen LogP contribution in [0.2, 0.25) is 0 Å². The third kappa shape index (κ3) is 2.72. The van der Waals surface area contributed by atoms with E-state index < -0.39 is 0 Å². The molecule has 0 unspecified atom stereocenters. The molecule has 2 rings (SSSR count). The van der Waals surface area contributed by atoms with E-state index in [1.165, 1.54) is 6.07 Å². The van der Waals surface area contributed by atoms with Crippen molar-refractivity contribution in [2.75, 3.05) is 18.0 Å². The molecule has 0 spiro atoms. The summed E-state index contributed by atoms with van der Waals surface area (Å²) < 4.78 is 13.2. The van der Waals surface area contributed by atoms with E-state index in [0.717, 1.165) is 18.8 Å². The molecule has 1 aliphatic rings. The summed E-state index contributed by atoms with van der Waals surface area (Å²) in [5, 5.41) is 11.6. The molecule has 1 saturated heterocycles. The third-order valence-corrected chi connectivity index (χ3v) is 3.54. The highest BCUT2D eigenvalue weighted by molar-refractivity contribution is 5.80. The van der Waals surface area contributed by atoms with Gasteiger partial charge in [0.2, 0.25) is 0 Å². The number of hydrogen-bond donors (Lipinski definition) is 2. The van der Waals surface area contributed by atoms with Crippen LogP contribution in [-0.2, 0) is 0 Å². The molecule has 1 fully saturated rings. The number of halogens is 1. The van der Waals surface area contributed by atoms with E-state index in [9.17, 15) is 4.39 Å². The van der Waals surface area contributed by atoms with Gasteiger partial charge in [-0.3, -0.25) is 0 Å². The first-order valence-electron chi connectivity index (χ1n) is 6.07. The van der Waals surface area contributed by atoms with Gasteiger partial charge in [-0.05, 0) is 30.0 Å². The quantitative estimate of drug-likeness (QED) is 0.374. The molecule has 1 aromatic carbocycles. The molecule has 18 heavy (non-hydrogen) atoms. The van der Waals surface area contributed by atoms with Gasteiger partial charge in [0.1, 0.15) is 11.7 Å². The number of nitrogens with two attached hydrogens (primary N) is 1. The lowest BCUT2D eigenvalue weighted by atomic mass is 9.94. The number of hydrogen-bond acceptors (Lipinski definition) is 3. The van der Waals surface area contributed by atoms with E-state index in [1.807, 2.05) is 6.07 Å². The lowest BCUT2D eigenvalue weighted by Gasteiger charge is -2.18.